The number of hydrogen-bond acceptors (Lipinski definition) is 2. The first-order valence-corrected chi connectivity index (χ1v) is 4.99. The topological polar surface area (TPSA) is 26.3 Å². The molecule has 0 atom stereocenters. The molecule has 3 rings (SSSR count). The molecular formula is C11H5BrO2. The van der Waals surface area contributed by atoms with Crippen molar-refractivity contribution >= 4 is 32.7 Å². The monoisotopic (exact) mass is 248 g/mol. The van der Waals surface area contributed by atoms with Crippen molar-refractivity contribution in [2.75, 3.05) is 0 Å². The largest absolute Gasteiger partial charge is 0.422 e. The van der Waals surface area contributed by atoms with Crippen molar-refractivity contribution < 1.29 is 9.53 Å². The highest BCUT2D eigenvalue weighted by molar-refractivity contribution is 9.10. The Labute approximate surface area is 88.6 Å². The van der Waals surface area contributed by atoms with Crippen LogP contribution in [0.2, 0.25) is 0 Å². The number of rotatable bonds is 0. The summed E-state index contributed by atoms with van der Waals surface area (Å²) in [7, 11) is 0. The molecule has 0 fully saturated rings. The maximum absolute atomic E-state index is 11.5. The van der Waals surface area contributed by atoms with Crippen molar-refractivity contribution in [3.63, 3.8) is 0 Å². The van der Waals surface area contributed by atoms with Crippen LogP contribution in [0.15, 0.2) is 34.8 Å². The molecule has 0 saturated heterocycles. The highest BCUT2D eigenvalue weighted by atomic mass is 79.9. The summed E-state index contributed by atoms with van der Waals surface area (Å²) in [5, 5.41) is 1.94. The maximum atomic E-state index is 11.5. The summed E-state index contributed by atoms with van der Waals surface area (Å²) in [6.07, 6.45) is 0. The summed E-state index contributed by atoms with van der Waals surface area (Å²) < 4.78 is 6.02. The zero-order valence-electron chi connectivity index (χ0n) is 7.08. The van der Waals surface area contributed by atoms with E-state index in [2.05, 4.69) is 15.9 Å². The molecule has 14 heavy (non-hydrogen) atoms. The smallest absolute Gasteiger partial charge is 0.344 e. The SMILES string of the molecule is O=C1Oc2cccc3cc(Br)cc1c23. The second kappa shape index (κ2) is 2.58. The van der Waals surface area contributed by atoms with Crippen molar-refractivity contribution in [3.05, 3.63) is 40.4 Å². The van der Waals surface area contributed by atoms with Crippen LogP contribution in [0.3, 0.4) is 0 Å². The molecule has 0 aromatic heterocycles. The zero-order chi connectivity index (χ0) is 9.71. The van der Waals surface area contributed by atoms with Gasteiger partial charge in [-0.3, -0.25) is 0 Å². The summed E-state index contributed by atoms with van der Waals surface area (Å²) in [5.41, 5.74) is 0.643. The molecule has 0 amide bonds. The molecule has 2 nitrogen and oxygen atoms in total. The van der Waals surface area contributed by atoms with Crippen LogP contribution in [0.25, 0.3) is 10.8 Å². The van der Waals surface area contributed by atoms with E-state index in [0.29, 0.717) is 11.3 Å². The zero-order valence-corrected chi connectivity index (χ0v) is 8.67. The van der Waals surface area contributed by atoms with E-state index in [4.69, 9.17) is 4.74 Å². The van der Waals surface area contributed by atoms with Gasteiger partial charge >= 0.3 is 5.97 Å². The van der Waals surface area contributed by atoms with E-state index in [1.54, 1.807) is 6.07 Å². The van der Waals surface area contributed by atoms with Gasteiger partial charge in [0.05, 0.1) is 5.56 Å². The molecule has 68 valence electrons. The molecule has 1 heterocycles. The van der Waals surface area contributed by atoms with Crippen molar-refractivity contribution in [1.29, 1.82) is 0 Å². The van der Waals surface area contributed by atoms with Gasteiger partial charge in [0.15, 0.2) is 0 Å². The van der Waals surface area contributed by atoms with Crippen LogP contribution < -0.4 is 4.74 Å². The van der Waals surface area contributed by atoms with Crippen LogP contribution in [0.5, 0.6) is 5.75 Å². The van der Waals surface area contributed by atoms with Gasteiger partial charge in [-0.05, 0) is 23.6 Å². The minimum atomic E-state index is -0.266. The Balaban J connectivity index is 2.56. The molecule has 2 aromatic rings. The maximum Gasteiger partial charge on any atom is 0.344 e. The Kier molecular flexibility index (Phi) is 1.47. The molecule has 0 radical (unpaired) electrons. The van der Waals surface area contributed by atoms with Gasteiger partial charge in [-0.1, -0.05) is 28.1 Å². The highest BCUT2D eigenvalue weighted by Crippen LogP contribution is 2.36. The summed E-state index contributed by atoms with van der Waals surface area (Å²) in [6.45, 7) is 0. The molecule has 0 aliphatic carbocycles. The van der Waals surface area contributed by atoms with Gasteiger partial charge in [0, 0.05) is 9.86 Å². The van der Waals surface area contributed by atoms with Gasteiger partial charge in [-0.25, -0.2) is 4.79 Å². The Hall–Kier alpha value is -1.35. The lowest BCUT2D eigenvalue weighted by Gasteiger charge is -1.98. The number of esters is 1. The number of halogens is 1. The first-order chi connectivity index (χ1) is 6.75. The molecule has 0 bridgehead atoms. The predicted molar refractivity (Wildman–Crippen MR) is 56.6 cm³/mol. The second-order valence-electron chi connectivity index (χ2n) is 3.20. The fourth-order valence-electron chi connectivity index (χ4n) is 1.76. The molecule has 1 aliphatic heterocycles. The molecule has 0 N–H and O–H groups in total. The predicted octanol–water partition coefficient (Wildman–Crippen LogP) is 3.13. The normalized spacial score (nSPS) is 13.4. The number of carbonyl (C=O) groups excluding carboxylic acids is 1. The number of benzene rings is 2. The molecule has 0 saturated carbocycles. The van der Waals surface area contributed by atoms with E-state index in [9.17, 15) is 4.79 Å². The van der Waals surface area contributed by atoms with Crippen LogP contribution in [0.1, 0.15) is 10.4 Å². The first-order valence-electron chi connectivity index (χ1n) is 4.20. The van der Waals surface area contributed by atoms with Crippen molar-refractivity contribution in [1.82, 2.24) is 0 Å². The van der Waals surface area contributed by atoms with Gasteiger partial charge in [-0.2, -0.15) is 0 Å². The Morgan fingerprint density at radius 1 is 1.21 bits per heavy atom. The fraction of sp³-hybridized carbons (Fsp3) is 0. The molecule has 0 spiro atoms. The summed E-state index contributed by atoms with van der Waals surface area (Å²) in [5.74, 6) is 0.396. The molecule has 2 aromatic carbocycles. The van der Waals surface area contributed by atoms with Crippen LogP contribution in [-0.4, -0.2) is 5.97 Å². The van der Waals surface area contributed by atoms with Gasteiger partial charge in [0.1, 0.15) is 5.75 Å². The van der Waals surface area contributed by atoms with Crippen LogP contribution in [0, 0.1) is 0 Å². The standard InChI is InChI=1S/C11H5BrO2/c12-7-4-6-2-1-3-9-10(6)8(5-7)11(13)14-9/h1-5H. The third-order valence-corrected chi connectivity index (χ3v) is 2.78. The average Bonchev–Trinajstić information content (AvgIpc) is 2.45. The van der Waals surface area contributed by atoms with Gasteiger partial charge in [0.25, 0.3) is 0 Å². The minimum absolute atomic E-state index is 0.266. The Morgan fingerprint density at radius 3 is 2.93 bits per heavy atom. The highest BCUT2D eigenvalue weighted by Gasteiger charge is 2.23. The van der Waals surface area contributed by atoms with Gasteiger partial charge in [0.2, 0.25) is 0 Å². The van der Waals surface area contributed by atoms with Crippen LogP contribution in [0.4, 0.5) is 0 Å². The fourth-order valence-corrected chi connectivity index (χ4v) is 2.23. The van der Waals surface area contributed by atoms with Crippen LogP contribution in [-0.2, 0) is 0 Å². The van der Waals surface area contributed by atoms with Crippen LogP contribution >= 0.6 is 15.9 Å². The molecule has 1 aliphatic rings. The Bertz CT molecular complexity index is 560. The van der Waals surface area contributed by atoms with E-state index in [-0.39, 0.29) is 5.97 Å². The summed E-state index contributed by atoms with van der Waals surface area (Å²) in [4.78, 5) is 11.5. The van der Waals surface area contributed by atoms with Crippen molar-refractivity contribution in [2.45, 2.75) is 0 Å². The van der Waals surface area contributed by atoms with Crippen molar-refractivity contribution in [2.24, 2.45) is 0 Å². The van der Waals surface area contributed by atoms with E-state index < -0.39 is 0 Å². The van der Waals surface area contributed by atoms with E-state index in [0.717, 1.165) is 15.2 Å². The molecular weight excluding hydrogens is 244 g/mol. The molecule has 0 unspecified atom stereocenters. The van der Waals surface area contributed by atoms with E-state index in [1.165, 1.54) is 0 Å². The third kappa shape index (κ3) is 0.930. The van der Waals surface area contributed by atoms with E-state index >= 15 is 0 Å². The lowest BCUT2D eigenvalue weighted by atomic mass is 10.1. The van der Waals surface area contributed by atoms with Gasteiger partial charge < -0.3 is 4.74 Å². The van der Waals surface area contributed by atoms with Gasteiger partial charge in [-0.15, -0.1) is 0 Å². The van der Waals surface area contributed by atoms with Crippen molar-refractivity contribution in [3.8, 4) is 5.75 Å². The lowest BCUT2D eigenvalue weighted by Crippen LogP contribution is -2.00. The number of carbonyl (C=O) groups is 1. The first kappa shape index (κ1) is 8.00. The summed E-state index contributed by atoms with van der Waals surface area (Å²) >= 11 is 3.37. The summed E-state index contributed by atoms with van der Waals surface area (Å²) in [6, 6.07) is 9.43. The Morgan fingerprint density at radius 2 is 2.07 bits per heavy atom. The number of hydrogen-bond donors (Lipinski definition) is 0. The number of ether oxygens (including phenoxy) is 1. The third-order valence-electron chi connectivity index (χ3n) is 2.33. The quantitative estimate of drug-likeness (QED) is 0.529. The average molecular weight is 249 g/mol. The lowest BCUT2D eigenvalue weighted by molar-refractivity contribution is 0.0754. The molecule has 3 heteroatoms. The van der Waals surface area contributed by atoms with E-state index in [1.807, 2.05) is 24.3 Å². The second-order valence-corrected chi connectivity index (χ2v) is 4.11. The minimum Gasteiger partial charge on any atom is -0.422 e.